The Morgan fingerprint density at radius 3 is 2.62 bits per heavy atom. The summed E-state index contributed by atoms with van der Waals surface area (Å²) in [7, 11) is 2.17. The maximum Gasteiger partial charge on any atom is 0.411 e. The second-order valence-corrected chi connectivity index (χ2v) is 6.26. The second-order valence-electron chi connectivity index (χ2n) is 6.26. The molecule has 1 aromatic rings. The van der Waals surface area contributed by atoms with Crippen LogP contribution in [-0.2, 0) is 4.74 Å². The molecule has 5 heteroatoms. The van der Waals surface area contributed by atoms with Crippen molar-refractivity contribution in [3.05, 3.63) is 23.8 Å². The Morgan fingerprint density at radius 2 is 2.00 bits per heavy atom. The number of amides is 1. The lowest BCUT2D eigenvalue weighted by atomic mass is 10.0. The van der Waals surface area contributed by atoms with E-state index < -0.39 is 6.09 Å². The molecule has 1 amide bonds. The van der Waals surface area contributed by atoms with Crippen LogP contribution in [0, 0.1) is 6.92 Å². The van der Waals surface area contributed by atoms with Gasteiger partial charge in [0.05, 0.1) is 11.4 Å². The minimum Gasteiger partial charge on any atom is -0.446 e. The lowest BCUT2D eigenvalue weighted by molar-refractivity contribution is 0.0348. The van der Waals surface area contributed by atoms with Crippen molar-refractivity contribution in [1.29, 1.82) is 0 Å². The van der Waals surface area contributed by atoms with Crippen LogP contribution in [0.3, 0.4) is 0 Å². The molecule has 0 saturated carbocycles. The third-order valence-electron chi connectivity index (χ3n) is 4.77. The van der Waals surface area contributed by atoms with Crippen molar-refractivity contribution in [1.82, 2.24) is 4.90 Å². The number of aryl methyl sites for hydroxylation is 1. The number of nitrogen functional groups attached to an aromatic ring is 1. The summed E-state index contributed by atoms with van der Waals surface area (Å²) < 4.78 is 5.58. The average Bonchev–Trinajstić information content (AvgIpc) is 2.64. The number of nitrogens with one attached hydrogen (secondary N) is 1. The Kier molecular flexibility index (Phi) is 3.76. The first-order chi connectivity index (χ1) is 10.0. The predicted molar refractivity (Wildman–Crippen MR) is 83.3 cm³/mol. The van der Waals surface area contributed by atoms with Crippen LogP contribution in [0.2, 0.25) is 0 Å². The maximum atomic E-state index is 12.0. The summed E-state index contributed by atoms with van der Waals surface area (Å²) in [5.41, 5.74) is 8.14. The Bertz CT molecular complexity index is 532. The highest BCUT2D eigenvalue weighted by Gasteiger charge is 2.39. The molecule has 2 bridgehead atoms. The molecule has 0 spiro atoms. The molecule has 0 radical (unpaired) electrons. The quantitative estimate of drug-likeness (QED) is 0.822. The molecule has 3 rings (SSSR count). The number of nitrogens with zero attached hydrogens (tertiary/aromatic N) is 1. The van der Waals surface area contributed by atoms with Gasteiger partial charge < -0.3 is 15.4 Å². The zero-order chi connectivity index (χ0) is 15.0. The van der Waals surface area contributed by atoms with Crippen LogP contribution >= 0.6 is 0 Å². The van der Waals surface area contributed by atoms with Gasteiger partial charge in [-0.25, -0.2) is 4.79 Å². The number of nitrogens with two attached hydrogens (primary N) is 1. The lowest BCUT2D eigenvalue weighted by Gasteiger charge is -2.35. The van der Waals surface area contributed by atoms with Gasteiger partial charge in [0.25, 0.3) is 0 Å². The monoisotopic (exact) mass is 289 g/mol. The largest absolute Gasteiger partial charge is 0.446 e. The van der Waals surface area contributed by atoms with E-state index in [-0.39, 0.29) is 6.10 Å². The van der Waals surface area contributed by atoms with Gasteiger partial charge in [0.2, 0.25) is 0 Å². The molecular weight excluding hydrogens is 266 g/mol. The molecule has 3 N–H and O–H groups in total. The topological polar surface area (TPSA) is 67.6 Å². The Morgan fingerprint density at radius 1 is 1.33 bits per heavy atom. The van der Waals surface area contributed by atoms with E-state index in [4.69, 9.17) is 10.5 Å². The SMILES string of the molecule is Cc1ccc(NC(=O)OC2CC3CCC(C2)N3C)c(N)c1. The minimum absolute atomic E-state index is 0.0189. The van der Waals surface area contributed by atoms with Crippen LogP contribution in [0.25, 0.3) is 0 Å². The van der Waals surface area contributed by atoms with Crippen LogP contribution in [0.5, 0.6) is 0 Å². The highest BCUT2D eigenvalue weighted by atomic mass is 16.6. The van der Waals surface area contributed by atoms with E-state index in [1.807, 2.05) is 25.1 Å². The minimum atomic E-state index is -0.403. The summed E-state index contributed by atoms with van der Waals surface area (Å²) in [6, 6.07) is 6.69. The van der Waals surface area contributed by atoms with Gasteiger partial charge >= 0.3 is 6.09 Å². The van der Waals surface area contributed by atoms with Crippen molar-refractivity contribution >= 4 is 17.5 Å². The van der Waals surface area contributed by atoms with Gasteiger partial charge in [-0.15, -0.1) is 0 Å². The first-order valence-electron chi connectivity index (χ1n) is 7.58. The zero-order valence-electron chi connectivity index (χ0n) is 12.6. The van der Waals surface area contributed by atoms with E-state index in [1.165, 1.54) is 12.8 Å². The molecule has 21 heavy (non-hydrogen) atoms. The number of carbonyl (C=O) groups excluding carboxylic acids is 1. The van der Waals surface area contributed by atoms with E-state index in [0.29, 0.717) is 23.5 Å². The molecule has 2 aliphatic heterocycles. The van der Waals surface area contributed by atoms with E-state index >= 15 is 0 Å². The molecule has 2 heterocycles. The van der Waals surface area contributed by atoms with Crippen molar-refractivity contribution in [2.75, 3.05) is 18.1 Å². The molecule has 2 saturated heterocycles. The van der Waals surface area contributed by atoms with Gasteiger partial charge in [0, 0.05) is 24.9 Å². The summed E-state index contributed by atoms with van der Waals surface area (Å²) in [4.78, 5) is 14.5. The number of benzene rings is 1. The summed E-state index contributed by atoms with van der Waals surface area (Å²) in [6.07, 6.45) is 3.92. The van der Waals surface area contributed by atoms with E-state index in [1.54, 1.807) is 0 Å². The van der Waals surface area contributed by atoms with E-state index in [2.05, 4.69) is 17.3 Å². The van der Waals surface area contributed by atoms with Crippen molar-refractivity contribution < 1.29 is 9.53 Å². The molecule has 2 aliphatic rings. The predicted octanol–water partition coefficient (Wildman–Crippen LogP) is 2.75. The van der Waals surface area contributed by atoms with Gasteiger partial charge in [-0.2, -0.15) is 0 Å². The van der Waals surface area contributed by atoms with Crippen molar-refractivity contribution in [3.63, 3.8) is 0 Å². The fraction of sp³-hybridized carbons (Fsp3) is 0.562. The summed E-state index contributed by atoms with van der Waals surface area (Å²) in [6.45, 7) is 1.97. The zero-order valence-corrected chi connectivity index (χ0v) is 12.6. The van der Waals surface area contributed by atoms with E-state index in [9.17, 15) is 4.79 Å². The van der Waals surface area contributed by atoms with Crippen LogP contribution in [-0.4, -0.2) is 36.2 Å². The molecule has 2 atom stereocenters. The second kappa shape index (κ2) is 5.56. The third-order valence-corrected chi connectivity index (χ3v) is 4.77. The van der Waals surface area contributed by atoms with Gasteiger partial charge in [0.1, 0.15) is 6.10 Å². The van der Waals surface area contributed by atoms with Gasteiger partial charge in [-0.05, 0) is 44.5 Å². The van der Waals surface area contributed by atoms with Crippen LogP contribution in [0.15, 0.2) is 18.2 Å². The van der Waals surface area contributed by atoms with Crippen LogP contribution in [0.1, 0.15) is 31.2 Å². The Labute approximate surface area is 125 Å². The van der Waals surface area contributed by atoms with Crippen molar-refractivity contribution in [3.8, 4) is 0 Å². The molecule has 2 fully saturated rings. The van der Waals surface area contributed by atoms with Crippen molar-refractivity contribution in [2.45, 2.75) is 50.8 Å². The van der Waals surface area contributed by atoms with Crippen molar-refractivity contribution in [2.24, 2.45) is 0 Å². The molecule has 0 aromatic heterocycles. The first kappa shape index (κ1) is 14.2. The van der Waals surface area contributed by atoms with Crippen LogP contribution in [0.4, 0.5) is 16.2 Å². The summed E-state index contributed by atoms with van der Waals surface area (Å²) in [5.74, 6) is 0. The molecular formula is C16H23N3O2. The molecule has 2 unspecified atom stereocenters. The summed E-state index contributed by atoms with van der Waals surface area (Å²) >= 11 is 0. The Balaban J connectivity index is 1.57. The van der Waals surface area contributed by atoms with Crippen LogP contribution < -0.4 is 11.1 Å². The number of piperidine rings is 1. The average molecular weight is 289 g/mol. The standard InChI is InChI=1S/C16H23N3O2/c1-10-3-6-15(14(17)7-10)18-16(20)21-13-8-11-4-5-12(9-13)19(11)2/h3,6-7,11-13H,4-5,8-9,17H2,1-2H3,(H,18,20). The molecule has 1 aromatic carbocycles. The fourth-order valence-electron chi connectivity index (χ4n) is 3.54. The maximum absolute atomic E-state index is 12.0. The van der Waals surface area contributed by atoms with E-state index in [0.717, 1.165) is 18.4 Å². The normalized spacial score (nSPS) is 28.4. The van der Waals surface area contributed by atoms with Gasteiger partial charge in [-0.1, -0.05) is 6.07 Å². The molecule has 5 nitrogen and oxygen atoms in total. The number of ether oxygens (including phenoxy) is 1. The number of carbonyl (C=O) groups is 1. The number of anilines is 2. The highest BCUT2D eigenvalue weighted by molar-refractivity contribution is 5.89. The Hall–Kier alpha value is -1.75. The van der Waals surface area contributed by atoms with Gasteiger partial charge in [0.15, 0.2) is 0 Å². The summed E-state index contributed by atoms with van der Waals surface area (Å²) in [5, 5.41) is 2.75. The first-order valence-corrected chi connectivity index (χ1v) is 7.58. The number of fused-ring (bicyclic) bond motifs is 2. The van der Waals surface area contributed by atoms with Gasteiger partial charge in [-0.3, -0.25) is 5.32 Å². The molecule has 114 valence electrons. The number of hydrogen-bond donors (Lipinski definition) is 2. The fourth-order valence-corrected chi connectivity index (χ4v) is 3.54. The molecule has 0 aliphatic carbocycles. The smallest absolute Gasteiger partial charge is 0.411 e. The lowest BCUT2D eigenvalue weighted by Crippen LogP contribution is -2.43. The highest BCUT2D eigenvalue weighted by Crippen LogP contribution is 2.35. The third kappa shape index (κ3) is 2.97. The number of rotatable bonds is 2. The number of hydrogen-bond acceptors (Lipinski definition) is 4.